The van der Waals surface area contributed by atoms with Crippen LogP contribution in [0.4, 0.5) is 16.2 Å². The lowest BCUT2D eigenvalue weighted by atomic mass is 10.1. The summed E-state index contributed by atoms with van der Waals surface area (Å²) in [5.74, 6) is -1.82. The van der Waals surface area contributed by atoms with Gasteiger partial charge in [0.25, 0.3) is 17.7 Å². The molecule has 0 atom stereocenters. The fourth-order valence-corrected chi connectivity index (χ4v) is 3.75. The number of nitrogens with zero attached hydrogens (tertiary/aromatic N) is 1. The summed E-state index contributed by atoms with van der Waals surface area (Å²) in [6, 6.07) is 17.1. The van der Waals surface area contributed by atoms with Crippen LogP contribution in [-0.2, 0) is 14.4 Å². The number of ether oxygens (including phenoxy) is 1. The van der Waals surface area contributed by atoms with Gasteiger partial charge >= 0.3 is 6.03 Å². The van der Waals surface area contributed by atoms with Gasteiger partial charge in [-0.1, -0.05) is 47.5 Å². The molecule has 0 aromatic heterocycles. The van der Waals surface area contributed by atoms with E-state index < -0.39 is 23.8 Å². The van der Waals surface area contributed by atoms with Gasteiger partial charge in [0.15, 0.2) is 6.61 Å². The summed E-state index contributed by atoms with van der Waals surface area (Å²) in [5.41, 5.74) is 1.51. The smallest absolute Gasteiger partial charge is 0.335 e. The third kappa shape index (κ3) is 5.56. The van der Waals surface area contributed by atoms with E-state index in [4.69, 9.17) is 27.9 Å². The minimum atomic E-state index is -0.879. The molecule has 0 aliphatic carbocycles. The van der Waals surface area contributed by atoms with E-state index in [2.05, 4.69) is 10.6 Å². The zero-order chi connectivity index (χ0) is 25.8. The number of aryl methyl sites for hydroxylation is 1. The molecular weight excluding hydrogens is 505 g/mol. The number of imide groups is 2. The summed E-state index contributed by atoms with van der Waals surface area (Å²) in [7, 11) is 0. The van der Waals surface area contributed by atoms with Crippen LogP contribution >= 0.6 is 23.2 Å². The lowest BCUT2D eigenvalue weighted by Crippen LogP contribution is -2.54. The number of anilines is 2. The van der Waals surface area contributed by atoms with Gasteiger partial charge in [0.1, 0.15) is 11.3 Å². The monoisotopic (exact) mass is 523 g/mol. The second kappa shape index (κ2) is 10.6. The first-order valence-electron chi connectivity index (χ1n) is 10.7. The molecular formula is C26H19Cl2N3O5. The summed E-state index contributed by atoms with van der Waals surface area (Å²) in [4.78, 5) is 51.5. The molecule has 8 nitrogen and oxygen atoms in total. The van der Waals surface area contributed by atoms with Crippen molar-refractivity contribution >= 4 is 64.4 Å². The van der Waals surface area contributed by atoms with Gasteiger partial charge in [0, 0.05) is 21.3 Å². The fourth-order valence-electron chi connectivity index (χ4n) is 3.46. The molecule has 1 saturated heterocycles. The second-order valence-electron chi connectivity index (χ2n) is 7.77. The molecule has 2 N–H and O–H groups in total. The van der Waals surface area contributed by atoms with Crippen molar-refractivity contribution in [1.82, 2.24) is 5.32 Å². The molecule has 5 amide bonds. The van der Waals surface area contributed by atoms with Gasteiger partial charge < -0.3 is 10.1 Å². The Morgan fingerprint density at radius 2 is 1.69 bits per heavy atom. The van der Waals surface area contributed by atoms with E-state index in [0.717, 1.165) is 4.90 Å². The molecule has 10 heteroatoms. The maximum Gasteiger partial charge on any atom is 0.335 e. The van der Waals surface area contributed by atoms with Crippen LogP contribution in [0, 0.1) is 6.92 Å². The van der Waals surface area contributed by atoms with E-state index in [1.165, 1.54) is 12.1 Å². The van der Waals surface area contributed by atoms with Crippen molar-refractivity contribution in [3.8, 4) is 5.75 Å². The molecule has 0 radical (unpaired) electrons. The van der Waals surface area contributed by atoms with Crippen LogP contribution in [0.15, 0.2) is 72.3 Å². The summed E-state index contributed by atoms with van der Waals surface area (Å²) >= 11 is 11.9. The highest BCUT2D eigenvalue weighted by Gasteiger charge is 2.37. The summed E-state index contributed by atoms with van der Waals surface area (Å²) in [5, 5.41) is 5.73. The SMILES string of the molecule is Cc1ccc(Cl)cc1N1C(=O)NC(=O)/C(=C\c2ccccc2OCC(=O)Nc2ccc(Cl)cc2)C1=O. The standard InChI is InChI=1S/C26H19Cl2N3O5/c1-15-6-7-18(28)13-21(15)31-25(34)20(24(33)30-26(31)35)12-16-4-2-3-5-22(16)36-14-23(32)29-19-10-8-17(27)9-11-19/h2-13H,14H2,1H3,(H,29,32)(H,30,33,35)/b20-12+. The van der Waals surface area contributed by atoms with E-state index in [9.17, 15) is 19.2 Å². The Morgan fingerprint density at radius 1 is 1.00 bits per heavy atom. The number of hydrogen-bond donors (Lipinski definition) is 2. The van der Waals surface area contributed by atoms with Gasteiger partial charge in [-0.15, -0.1) is 0 Å². The van der Waals surface area contributed by atoms with Crippen molar-refractivity contribution in [2.45, 2.75) is 6.92 Å². The number of carbonyl (C=O) groups excluding carboxylic acids is 4. The number of halogens is 2. The molecule has 36 heavy (non-hydrogen) atoms. The Bertz CT molecular complexity index is 1400. The number of rotatable bonds is 6. The molecule has 1 aliphatic rings. The average Bonchev–Trinajstić information content (AvgIpc) is 2.84. The topological polar surface area (TPSA) is 105 Å². The van der Waals surface area contributed by atoms with Crippen molar-refractivity contribution in [3.63, 3.8) is 0 Å². The number of barbiturate groups is 1. The van der Waals surface area contributed by atoms with Crippen molar-refractivity contribution in [2.24, 2.45) is 0 Å². The molecule has 0 bridgehead atoms. The van der Waals surface area contributed by atoms with Crippen LogP contribution in [0.1, 0.15) is 11.1 Å². The fraction of sp³-hybridized carbons (Fsp3) is 0.0769. The zero-order valence-corrected chi connectivity index (χ0v) is 20.4. The Balaban J connectivity index is 1.56. The Labute approximate surface area is 216 Å². The Hall–Kier alpha value is -4.14. The van der Waals surface area contributed by atoms with Gasteiger partial charge in [-0.2, -0.15) is 0 Å². The Morgan fingerprint density at radius 3 is 2.44 bits per heavy atom. The molecule has 3 aromatic carbocycles. The molecule has 4 rings (SSSR count). The van der Waals surface area contributed by atoms with Gasteiger partial charge in [0.05, 0.1) is 5.69 Å². The van der Waals surface area contributed by atoms with Crippen LogP contribution in [-0.4, -0.2) is 30.4 Å². The average molecular weight is 524 g/mol. The van der Waals surface area contributed by atoms with Gasteiger partial charge in [0.2, 0.25) is 0 Å². The minimum Gasteiger partial charge on any atom is -0.483 e. The normalized spacial score (nSPS) is 14.6. The third-order valence-electron chi connectivity index (χ3n) is 5.22. The molecule has 3 aromatic rings. The van der Waals surface area contributed by atoms with Gasteiger partial charge in [-0.3, -0.25) is 19.7 Å². The predicted molar refractivity (Wildman–Crippen MR) is 137 cm³/mol. The highest BCUT2D eigenvalue weighted by atomic mass is 35.5. The number of para-hydroxylation sites is 1. The number of urea groups is 1. The minimum absolute atomic E-state index is 0.256. The van der Waals surface area contributed by atoms with Crippen LogP contribution in [0.2, 0.25) is 10.0 Å². The number of amides is 5. The summed E-state index contributed by atoms with van der Waals surface area (Å²) in [6.45, 7) is 1.39. The van der Waals surface area contributed by atoms with E-state index in [1.807, 2.05) is 0 Å². The number of benzene rings is 3. The van der Waals surface area contributed by atoms with E-state index in [0.29, 0.717) is 26.9 Å². The molecule has 1 fully saturated rings. The lowest BCUT2D eigenvalue weighted by Gasteiger charge is -2.27. The second-order valence-corrected chi connectivity index (χ2v) is 8.64. The molecule has 1 heterocycles. The Kier molecular flexibility index (Phi) is 7.38. The van der Waals surface area contributed by atoms with E-state index in [1.54, 1.807) is 67.6 Å². The summed E-state index contributed by atoms with van der Waals surface area (Å²) < 4.78 is 5.65. The van der Waals surface area contributed by atoms with Crippen molar-refractivity contribution < 1.29 is 23.9 Å². The lowest BCUT2D eigenvalue weighted by molar-refractivity contribution is -0.122. The highest BCUT2D eigenvalue weighted by molar-refractivity contribution is 6.39. The number of nitrogens with one attached hydrogen (secondary N) is 2. The molecule has 182 valence electrons. The van der Waals surface area contributed by atoms with Gasteiger partial charge in [-0.25, -0.2) is 9.69 Å². The molecule has 0 unspecified atom stereocenters. The zero-order valence-electron chi connectivity index (χ0n) is 18.9. The molecule has 1 aliphatic heterocycles. The third-order valence-corrected chi connectivity index (χ3v) is 5.71. The van der Waals surface area contributed by atoms with E-state index >= 15 is 0 Å². The molecule has 0 spiro atoms. The summed E-state index contributed by atoms with van der Waals surface area (Å²) in [6.07, 6.45) is 1.31. The van der Waals surface area contributed by atoms with Crippen molar-refractivity contribution in [3.05, 3.63) is 93.5 Å². The quantitative estimate of drug-likeness (QED) is 0.350. The van der Waals surface area contributed by atoms with Crippen LogP contribution in [0.25, 0.3) is 6.08 Å². The van der Waals surface area contributed by atoms with Crippen molar-refractivity contribution in [1.29, 1.82) is 0 Å². The van der Waals surface area contributed by atoms with Crippen molar-refractivity contribution in [2.75, 3.05) is 16.8 Å². The molecule has 0 saturated carbocycles. The van der Waals surface area contributed by atoms with Gasteiger partial charge in [-0.05, 0) is 61.0 Å². The highest BCUT2D eigenvalue weighted by Crippen LogP contribution is 2.29. The number of hydrogen-bond acceptors (Lipinski definition) is 5. The first-order chi connectivity index (χ1) is 17.2. The van der Waals surface area contributed by atoms with E-state index in [-0.39, 0.29) is 23.6 Å². The van der Waals surface area contributed by atoms with Crippen LogP contribution in [0.5, 0.6) is 5.75 Å². The first-order valence-corrected chi connectivity index (χ1v) is 11.4. The first kappa shape index (κ1) is 25.0. The number of carbonyl (C=O) groups is 4. The maximum atomic E-state index is 13.2. The maximum absolute atomic E-state index is 13.2. The largest absolute Gasteiger partial charge is 0.483 e. The van der Waals surface area contributed by atoms with Crippen LogP contribution in [0.3, 0.4) is 0 Å². The van der Waals surface area contributed by atoms with Crippen LogP contribution < -0.4 is 20.3 Å². The predicted octanol–water partition coefficient (Wildman–Crippen LogP) is 4.99.